The molecule has 0 radical (unpaired) electrons. The summed E-state index contributed by atoms with van der Waals surface area (Å²) in [4.78, 5) is 15.6. The second kappa shape index (κ2) is 8.58. The van der Waals surface area contributed by atoms with Crippen molar-refractivity contribution in [3.05, 3.63) is 76.7 Å². The highest BCUT2D eigenvalue weighted by molar-refractivity contribution is 6.31. The van der Waals surface area contributed by atoms with Crippen LogP contribution in [0.5, 0.6) is 0 Å². The fourth-order valence-corrected chi connectivity index (χ4v) is 2.81. The van der Waals surface area contributed by atoms with Crippen molar-refractivity contribution in [1.29, 1.82) is 0 Å². The monoisotopic (exact) mass is 439 g/mol. The number of hydrogen-bond acceptors (Lipinski definition) is 4. The minimum Gasteiger partial charge on any atom is -0.444 e. The van der Waals surface area contributed by atoms with E-state index in [9.17, 15) is 22.4 Å². The zero-order valence-corrected chi connectivity index (χ0v) is 15.9. The Labute approximate surface area is 173 Å². The fourth-order valence-electron chi connectivity index (χ4n) is 2.58. The largest absolute Gasteiger partial charge is 0.444 e. The first kappa shape index (κ1) is 21.4. The molecule has 0 aliphatic heterocycles. The van der Waals surface area contributed by atoms with Crippen LogP contribution in [0.3, 0.4) is 0 Å². The number of ether oxygens (including phenoxy) is 1. The van der Waals surface area contributed by atoms with Crippen molar-refractivity contribution in [2.45, 2.75) is 12.8 Å². The molecule has 0 aliphatic carbocycles. The lowest BCUT2D eigenvalue weighted by atomic mass is 10.0. The molecule has 1 aromatic heterocycles. The second-order valence-electron chi connectivity index (χ2n) is 6.18. The number of nitrogens with zero attached hydrogens (tertiary/aromatic N) is 1. The topological polar surface area (TPSA) is 77.2 Å². The van der Waals surface area contributed by atoms with Crippen LogP contribution in [0.15, 0.2) is 54.7 Å². The summed E-state index contributed by atoms with van der Waals surface area (Å²) in [5, 5.41) is 1.74. The number of nitrogens with one attached hydrogen (secondary N) is 1. The summed E-state index contributed by atoms with van der Waals surface area (Å²) in [6.45, 7) is -0.136. The van der Waals surface area contributed by atoms with Crippen molar-refractivity contribution in [3.8, 4) is 11.1 Å². The van der Waals surface area contributed by atoms with Gasteiger partial charge in [0.15, 0.2) is 0 Å². The molecule has 156 valence electrons. The van der Waals surface area contributed by atoms with Crippen molar-refractivity contribution >= 4 is 29.2 Å². The Morgan fingerprint density at radius 2 is 1.83 bits per heavy atom. The molecular weight excluding hydrogens is 426 g/mol. The predicted molar refractivity (Wildman–Crippen MR) is 104 cm³/mol. The van der Waals surface area contributed by atoms with Crippen LogP contribution in [-0.2, 0) is 17.5 Å². The molecule has 2 aromatic carbocycles. The lowest BCUT2D eigenvalue weighted by Crippen LogP contribution is -2.14. The van der Waals surface area contributed by atoms with E-state index in [1.807, 2.05) is 0 Å². The van der Waals surface area contributed by atoms with Gasteiger partial charge in [-0.25, -0.2) is 14.2 Å². The highest BCUT2D eigenvalue weighted by Gasteiger charge is 2.33. The quantitative estimate of drug-likeness (QED) is 0.497. The summed E-state index contributed by atoms with van der Waals surface area (Å²) in [6.07, 6.45) is -4.58. The van der Waals surface area contributed by atoms with E-state index in [-0.39, 0.29) is 18.1 Å². The first-order valence-electron chi connectivity index (χ1n) is 8.44. The van der Waals surface area contributed by atoms with E-state index in [1.165, 1.54) is 12.1 Å². The van der Waals surface area contributed by atoms with Crippen LogP contribution in [-0.4, -0.2) is 11.1 Å². The number of nitrogen functional groups attached to an aromatic ring is 1. The van der Waals surface area contributed by atoms with Gasteiger partial charge in [0.25, 0.3) is 0 Å². The van der Waals surface area contributed by atoms with Gasteiger partial charge in [0, 0.05) is 11.3 Å². The summed E-state index contributed by atoms with van der Waals surface area (Å²) in [6, 6.07) is 10.8. The minimum atomic E-state index is -4.65. The molecule has 5 nitrogen and oxygen atoms in total. The van der Waals surface area contributed by atoms with E-state index in [2.05, 4.69) is 10.3 Å². The van der Waals surface area contributed by atoms with Crippen molar-refractivity contribution in [3.63, 3.8) is 0 Å². The van der Waals surface area contributed by atoms with Crippen LogP contribution in [0.1, 0.15) is 11.1 Å². The number of alkyl halides is 3. The average Bonchev–Trinajstić information content (AvgIpc) is 2.69. The molecular formula is C20H14ClF4N3O2. The lowest BCUT2D eigenvalue weighted by Gasteiger charge is -2.12. The number of halogens is 5. The number of carbonyl (C=O) groups excluding carboxylic acids is 1. The Bertz CT molecular complexity index is 1070. The minimum absolute atomic E-state index is 0.110. The third-order valence-electron chi connectivity index (χ3n) is 4.04. The molecule has 0 saturated carbocycles. The van der Waals surface area contributed by atoms with Crippen molar-refractivity contribution in [1.82, 2.24) is 4.98 Å². The maximum Gasteiger partial charge on any atom is 0.417 e. The average molecular weight is 440 g/mol. The zero-order chi connectivity index (χ0) is 21.9. The van der Waals surface area contributed by atoms with E-state index >= 15 is 0 Å². The summed E-state index contributed by atoms with van der Waals surface area (Å²) in [5.74, 6) is -0.361. The molecule has 1 heterocycles. The van der Waals surface area contributed by atoms with Crippen LogP contribution >= 0.6 is 11.6 Å². The Morgan fingerprint density at radius 1 is 1.13 bits per heavy atom. The van der Waals surface area contributed by atoms with E-state index in [1.54, 1.807) is 24.3 Å². The van der Waals surface area contributed by atoms with Crippen molar-refractivity contribution < 1.29 is 27.1 Å². The highest BCUT2D eigenvalue weighted by atomic mass is 35.5. The zero-order valence-electron chi connectivity index (χ0n) is 15.1. The summed E-state index contributed by atoms with van der Waals surface area (Å²) >= 11 is 5.54. The summed E-state index contributed by atoms with van der Waals surface area (Å²) in [7, 11) is 0. The standard InChI is InChI=1S/C20H14ClF4N3O2/c21-17-6-5-14(8-16(17)20(23,24)25)28-19(29)30-10-11-1-3-12(4-2-11)15-7-13(22)9-27-18(15)26/h1-9H,10H2,(H2,26,27)(H,28,29). The maximum atomic E-state index is 13.4. The van der Waals surface area contributed by atoms with Gasteiger partial charge in [-0.15, -0.1) is 0 Å². The van der Waals surface area contributed by atoms with E-state index in [0.717, 1.165) is 18.3 Å². The van der Waals surface area contributed by atoms with Gasteiger partial charge in [0.1, 0.15) is 18.2 Å². The number of amides is 1. The molecule has 0 atom stereocenters. The van der Waals surface area contributed by atoms with Gasteiger partial charge < -0.3 is 10.5 Å². The Hall–Kier alpha value is -3.33. The van der Waals surface area contributed by atoms with E-state index < -0.39 is 28.7 Å². The molecule has 0 fully saturated rings. The van der Waals surface area contributed by atoms with Gasteiger partial charge in [0.05, 0.1) is 16.8 Å². The number of pyridine rings is 1. The van der Waals surface area contributed by atoms with E-state index in [0.29, 0.717) is 16.7 Å². The Kier molecular flexibility index (Phi) is 6.12. The molecule has 1 amide bonds. The van der Waals surface area contributed by atoms with Crippen LogP contribution in [0, 0.1) is 5.82 Å². The molecule has 3 N–H and O–H groups in total. The van der Waals surface area contributed by atoms with Crippen molar-refractivity contribution in [2.75, 3.05) is 11.1 Å². The Morgan fingerprint density at radius 3 is 2.50 bits per heavy atom. The highest BCUT2D eigenvalue weighted by Crippen LogP contribution is 2.36. The van der Waals surface area contributed by atoms with Gasteiger partial charge >= 0.3 is 12.3 Å². The SMILES string of the molecule is Nc1ncc(F)cc1-c1ccc(COC(=O)Nc2ccc(Cl)c(C(F)(F)F)c2)cc1. The molecule has 0 spiro atoms. The van der Waals surface area contributed by atoms with Gasteiger partial charge in [-0.3, -0.25) is 5.32 Å². The molecule has 3 aromatic rings. The number of anilines is 2. The van der Waals surface area contributed by atoms with Gasteiger partial charge in [-0.05, 0) is 35.4 Å². The molecule has 3 rings (SSSR count). The Balaban J connectivity index is 1.62. The van der Waals surface area contributed by atoms with Gasteiger partial charge in [0.2, 0.25) is 0 Å². The predicted octanol–water partition coefficient (Wildman–Crippen LogP) is 5.89. The molecule has 0 saturated heterocycles. The second-order valence-corrected chi connectivity index (χ2v) is 6.58. The number of aromatic nitrogens is 1. The van der Waals surface area contributed by atoms with Crippen molar-refractivity contribution in [2.24, 2.45) is 0 Å². The van der Waals surface area contributed by atoms with Gasteiger partial charge in [-0.2, -0.15) is 13.2 Å². The number of benzene rings is 2. The maximum absolute atomic E-state index is 13.4. The smallest absolute Gasteiger partial charge is 0.417 e. The third kappa shape index (κ3) is 5.18. The number of hydrogen-bond donors (Lipinski definition) is 2. The molecule has 10 heteroatoms. The van der Waals surface area contributed by atoms with Crippen LogP contribution in [0.2, 0.25) is 5.02 Å². The molecule has 0 aliphatic rings. The molecule has 0 bridgehead atoms. The van der Waals surface area contributed by atoms with Gasteiger partial charge in [-0.1, -0.05) is 35.9 Å². The number of nitrogens with two attached hydrogens (primary N) is 1. The van der Waals surface area contributed by atoms with E-state index in [4.69, 9.17) is 22.1 Å². The first-order valence-corrected chi connectivity index (χ1v) is 8.82. The molecule has 0 unspecified atom stereocenters. The van der Waals surface area contributed by atoms with Crippen LogP contribution in [0.4, 0.5) is 33.9 Å². The lowest BCUT2D eigenvalue weighted by molar-refractivity contribution is -0.137. The van der Waals surface area contributed by atoms with Crippen LogP contribution < -0.4 is 11.1 Å². The number of rotatable bonds is 4. The van der Waals surface area contributed by atoms with Crippen LogP contribution in [0.25, 0.3) is 11.1 Å². The first-order chi connectivity index (χ1) is 14.1. The molecule has 30 heavy (non-hydrogen) atoms. The fraction of sp³-hybridized carbons (Fsp3) is 0.100. The summed E-state index contributed by atoms with van der Waals surface area (Å²) in [5.41, 5.74) is 6.21. The normalized spacial score (nSPS) is 11.2. The summed E-state index contributed by atoms with van der Waals surface area (Å²) < 4.78 is 57.0. The number of carbonyl (C=O) groups is 1. The third-order valence-corrected chi connectivity index (χ3v) is 4.37.